The lowest BCUT2D eigenvalue weighted by Gasteiger charge is -2.09. The van der Waals surface area contributed by atoms with Gasteiger partial charge in [0.05, 0.1) is 23.5 Å². The summed E-state index contributed by atoms with van der Waals surface area (Å²) in [5.74, 6) is -1.67. The Morgan fingerprint density at radius 1 is 1.19 bits per heavy atom. The van der Waals surface area contributed by atoms with Crippen LogP contribution in [0, 0.1) is 10.1 Å². The van der Waals surface area contributed by atoms with Gasteiger partial charge in [-0.3, -0.25) is 19.7 Å². The second kappa shape index (κ2) is 10.7. The summed E-state index contributed by atoms with van der Waals surface area (Å²) in [7, 11) is 0. The molecule has 170 valence electrons. The molecule has 1 aromatic heterocycles. The first kappa shape index (κ1) is 23.2. The molecule has 0 fully saturated rings. The average Bonchev–Trinajstić information content (AvgIpc) is 3.33. The number of ether oxygens (including phenoxy) is 2. The zero-order valence-corrected chi connectivity index (χ0v) is 18.3. The normalized spacial score (nSPS) is 12.0. The van der Waals surface area contributed by atoms with Gasteiger partial charge in [-0.25, -0.2) is 4.79 Å². The van der Waals surface area contributed by atoms with Crippen molar-refractivity contribution in [3.8, 4) is 0 Å². The van der Waals surface area contributed by atoms with Crippen LogP contribution < -0.4 is 10.6 Å². The van der Waals surface area contributed by atoms with E-state index in [0.717, 1.165) is 29.7 Å². The highest BCUT2D eigenvalue weighted by Crippen LogP contribution is 2.39. The van der Waals surface area contributed by atoms with Gasteiger partial charge >= 0.3 is 11.9 Å². The lowest BCUT2D eigenvalue weighted by Crippen LogP contribution is -2.22. The van der Waals surface area contributed by atoms with Crippen LogP contribution in [0.2, 0.25) is 0 Å². The number of carbonyl (C=O) groups is 3. The van der Waals surface area contributed by atoms with Crippen molar-refractivity contribution in [1.82, 2.24) is 0 Å². The third-order valence-corrected chi connectivity index (χ3v) is 5.97. The maximum Gasteiger partial charge on any atom is 0.341 e. The van der Waals surface area contributed by atoms with Gasteiger partial charge in [0.2, 0.25) is 0 Å². The number of carbonyl (C=O) groups excluding carboxylic acids is 3. The van der Waals surface area contributed by atoms with E-state index in [2.05, 4.69) is 10.6 Å². The molecular formula is C21H23N3O7S. The molecule has 3 rings (SSSR count). The SMILES string of the molecule is CCOC(=O)c1c(NC(=O)COC(=O)CCNc2ccccc2[N+](=O)[O-])sc2c1CCC2. The van der Waals surface area contributed by atoms with E-state index < -0.39 is 29.4 Å². The molecule has 0 aliphatic heterocycles. The van der Waals surface area contributed by atoms with E-state index in [9.17, 15) is 24.5 Å². The molecule has 0 radical (unpaired) electrons. The van der Waals surface area contributed by atoms with Crippen LogP contribution in [-0.4, -0.2) is 42.5 Å². The number of nitrogens with one attached hydrogen (secondary N) is 2. The molecule has 10 nitrogen and oxygen atoms in total. The first-order valence-corrected chi connectivity index (χ1v) is 11.0. The van der Waals surface area contributed by atoms with Crippen molar-refractivity contribution in [3.63, 3.8) is 0 Å². The smallest absolute Gasteiger partial charge is 0.341 e. The number of benzene rings is 1. The van der Waals surface area contributed by atoms with Gasteiger partial charge in [0.15, 0.2) is 6.61 Å². The van der Waals surface area contributed by atoms with Crippen molar-refractivity contribution >= 4 is 45.6 Å². The van der Waals surface area contributed by atoms with Crippen LogP contribution in [0.3, 0.4) is 0 Å². The highest BCUT2D eigenvalue weighted by Gasteiger charge is 2.28. The van der Waals surface area contributed by atoms with Gasteiger partial charge in [-0.1, -0.05) is 12.1 Å². The van der Waals surface area contributed by atoms with E-state index in [1.807, 2.05) is 0 Å². The highest BCUT2D eigenvalue weighted by molar-refractivity contribution is 7.17. The summed E-state index contributed by atoms with van der Waals surface area (Å²) in [4.78, 5) is 48.1. The zero-order chi connectivity index (χ0) is 23.1. The third kappa shape index (κ3) is 5.61. The minimum atomic E-state index is -0.634. The van der Waals surface area contributed by atoms with Gasteiger partial charge in [-0.2, -0.15) is 0 Å². The lowest BCUT2D eigenvalue weighted by atomic mass is 10.1. The van der Waals surface area contributed by atoms with Crippen LogP contribution in [0.4, 0.5) is 16.4 Å². The summed E-state index contributed by atoms with van der Waals surface area (Å²) in [6, 6.07) is 6.08. The number of nitro benzene ring substituents is 1. The number of para-hydroxylation sites is 2. The topological polar surface area (TPSA) is 137 Å². The van der Waals surface area contributed by atoms with Crippen molar-refractivity contribution in [3.05, 3.63) is 50.4 Å². The summed E-state index contributed by atoms with van der Waals surface area (Å²) >= 11 is 1.34. The minimum absolute atomic E-state index is 0.0826. The molecule has 2 N–H and O–H groups in total. The molecule has 0 saturated heterocycles. The quantitative estimate of drug-likeness (QED) is 0.312. The molecule has 1 aromatic carbocycles. The van der Waals surface area contributed by atoms with E-state index in [-0.39, 0.29) is 25.3 Å². The fraction of sp³-hybridized carbons (Fsp3) is 0.381. The molecule has 2 aromatic rings. The third-order valence-electron chi connectivity index (χ3n) is 4.76. The highest BCUT2D eigenvalue weighted by atomic mass is 32.1. The van der Waals surface area contributed by atoms with Crippen molar-refractivity contribution in [1.29, 1.82) is 0 Å². The molecule has 0 saturated carbocycles. The summed E-state index contributed by atoms with van der Waals surface area (Å²) in [6.45, 7) is 1.55. The van der Waals surface area contributed by atoms with Gasteiger partial charge in [-0.15, -0.1) is 11.3 Å². The maximum atomic E-state index is 12.3. The summed E-state index contributed by atoms with van der Waals surface area (Å²) in [6.07, 6.45) is 2.49. The minimum Gasteiger partial charge on any atom is -0.462 e. The Balaban J connectivity index is 1.49. The van der Waals surface area contributed by atoms with Crippen LogP contribution in [0.25, 0.3) is 0 Å². The van der Waals surface area contributed by atoms with Crippen molar-refractivity contribution in [2.24, 2.45) is 0 Å². The van der Waals surface area contributed by atoms with Gasteiger partial charge in [0.25, 0.3) is 11.6 Å². The van der Waals surface area contributed by atoms with E-state index in [1.54, 1.807) is 19.1 Å². The Kier molecular flexibility index (Phi) is 7.77. The summed E-state index contributed by atoms with van der Waals surface area (Å²) < 4.78 is 10.1. The Hall–Kier alpha value is -3.47. The number of esters is 2. The molecule has 1 aliphatic carbocycles. The summed E-state index contributed by atoms with van der Waals surface area (Å²) in [5.41, 5.74) is 1.50. The first-order valence-electron chi connectivity index (χ1n) is 10.1. The fourth-order valence-corrected chi connectivity index (χ4v) is 4.67. The molecular weight excluding hydrogens is 438 g/mol. The lowest BCUT2D eigenvalue weighted by molar-refractivity contribution is -0.384. The number of anilines is 2. The predicted octanol–water partition coefficient (Wildman–Crippen LogP) is 3.31. The first-order chi connectivity index (χ1) is 15.4. The van der Waals surface area contributed by atoms with Crippen LogP contribution in [0.5, 0.6) is 0 Å². The predicted molar refractivity (Wildman–Crippen MR) is 118 cm³/mol. The van der Waals surface area contributed by atoms with Gasteiger partial charge in [-0.05, 0) is 37.8 Å². The van der Waals surface area contributed by atoms with Gasteiger partial charge < -0.3 is 20.1 Å². The average molecular weight is 461 g/mol. The largest absolute Gasteiger partial charge is 0.462 e. The number of thiophene rings is 1. The number of nitrogens with zero attached hydrogens (tertiary/aromatic N) is 1. The Morgan fingerprint density at radius 3 is 2.72 bits per heavy atom. The number of hydrogen-bond acceptors (Lipinski definition) is 9. The fourth-order valence-electron chi connectivity index (χ4n) is 3.37. The second-order valence-corrected chi connectivity index (χ2v) is 8.05. The molecule has 32 heavy (non-hydrogen) atoms. The number of hydrogen-bond donors (Lipinski definition) is 2. The van der Waals surface area contributed by atoms with E-state index in [4.69, 9.17) is 9.47 Å². The maximum absolute atomic E-state index is 12.3. The molecule has 0 spiro atoms. The van der Waals surface area contributed by atoms with E-state index in [0.29, 0.717) is 16.3 Å². The zero-order valence-electron chi connectivity index (χ0n) is 17.5. The molecule has 1 aliphatic rings. The molecule has 0 atom stereocenters. The van der Waals surface area contributed by atoms with Gasteiger partial charge in [0.1, 0.15) is 10.7 Å². The van der Waals surface area contributed by atoms with Crippen LogP contribution in [0.1, 0.15) is 40.6 Å². The molecule has 11 heteroatoms. The number of nitro groups is 1. The number of fused-ring (bicyclic) bond motifs is 1. The van der Waals surface area contributed by atoms with Crippen LogP contribution in [0.15, 0.2) is 24.3 Å². The van der Waals surface area contributed by atoms with E-state index in [1.165, 1.54) is 23.5 Å². The van der Waals surface area contributed by atoms with Crippen molar-refractivity contribution < 1.29 is 28.8 Å². The Bertz CT molecular complexity index is 1030. The second-order valence-electron chi connectivity index (χ2n) is 6.94. The van der Waals surface area contributed by atoms with Crippen LogP contribution in [-0.2, 0) is 31.9 Å². The monoisotopic (exact) mass is 461 g/mol. The number of aryl methyl sites for hydroxylation is 1. The standard InChI is InChI=1S/C21H23N3O7S/c1-2-30-21(27)19-13-6-5-9-16(13)32-20(19)23-17(25)12-31-18(26)10-11-22-14-7-3-4-8-15(14)24(28)29/h3-4,7-8,22H,2,5-6,9-12H2,1H3,(H,23,25). The summed E-state index contributed by atoms with van der Waals surface area (Å²) in [5, 5.41) is 16.9. The van der Waals surface area contributed by atoms with E-state index >= 15 is 0 Å². The molecule has 0 bridgehead atoms. The van der Waals surface area contributed by atoms with Crippen LogP contribution >= 0.6 is 11.3 Å². The Labute approximate surface area is 188 Å². The molecule has 0 unspecified atom stereocenters. The number of rotatable bonds is 10. The van der Waals surface area contributed by atoms with Crippen molar-refractivity contribution in [2.45, 2.75) is 32.6 Å². The number of amides is 1. The molecule has 1 heterocycles. The Morgan fingerprint density at radius 2 is 1.97 bits per heavy atom. The molecule has 1 amide bonds. The van der Waals surface area contributed by atoms with Gasteiger partial charge in [0, 0.05) is 17.5 Å². The van der Waals surface area contributed by atoms with Crippen molar-refractivity contribution in [2.75, 3.05) is 30.4 Å².